The van der Waals surface area contributed by atoms with Crippen LogP contribution in [0.2, 0.25) is 0 Å². The molecule has 6 N–H and O–H groups in total. The van der Waals surface area contributed by atoms with E-state index < -0.39 is 12.2 Å². The fourth-order valence-corrected chi connectivity index (χ4v) is 9.31. The highest BCUT2D eigenvalue weighted by Crippen LogP contribution is 2.31. The number of hydrogen-bond acceptors (Lipinski definition) is 13. The van der Waals surface area contributed by atoms with Gasteiger partial charge in [0.05, 0.1) is 23.9 Å². The van der Waals surface area contributed by atoms with Gasteiger partial charge in [0.25, 0.3) is 11.8 Å². The minimum Gasteiger partial charge on any atom is -0.390 e. The number of pyridine rings is 3. The number of aliphatic hydroxyl groups is 2. The van der Waals surface area contributed by atoms with Gasteiger partial charge >= 0.3 is 0 Å². The molecule has 1 saturated carbocycles. The summed E-state index contributed by atoms with van der Waals surface area (Å²) in [6.07, 6.45) is 7.18. The predicted octanol–water partition coefficient (Wildman–Crippen LogP) is 4.37. The molecule has 5 aromatic rings. The van der Waals surface area contributed by atoms with Gasteiger partial charge in [-0.1, -0.05) is 48.5 Å². The maximum Gasteiger partial charge on any atom is 0.251 e. The van der Waals surface area contributed by atoms with Crippen LogP contribution >= 0.6 is 0 Å². The van der Waals surface area contributed by atoms with E-state index in [2.05, 4.69) is 95.4 Å². The van der Waals surface area contributed by atoms with Gasteiger partial charge in [-0.3, -0.25) is 29.3 Å². The SMILES string of the molecule is CN1CCN(c2cc(C(=O)NCC(O)CN3CCc4ccccc4C3)cc(NC3CCC3)n2)CC1c1cc(Nc2cc(C(=O)NCC(O)CN3CCc4ccccc4C3)ccn2)ccn1. The molecule has 1 aliphatic carbocycles. The molecule has 0 bridgehead atoms. The highest BCUT2D eigenvalue weighted by atomic mass is 16.3. The van der Waals surface area contributed by atoms with E-state index in [-0.39, 0.29) is 30.9 Å². The zero-order valence-corrected chi connectivity index (χ0v) is 37.2. The Bertz CT molecular complexity index is 2450. The van der Waals surface area contributed by atoms with Crippen LogP contribution in [0.1, 0.15) is 74.0 Å². The van der Waals surface area contributed by atoms with Crippen LogP contribution in [-0.2, 0) is 25.9 Å². The van der Waals surface area contributed by atoms with E-state index in [4.69, 9.17) is 9.97 Å². The van der Waals surface area contributed by atoms with Crippen molar-refractivity contribution < 1.29 is 19.8 Å². The molecule has 9 rings (SSSR count). The number of benzene rings is 2. The lowest BCUT2D eigenvalue weighted by Crippen LogP contribution is -2.47. The number of aromatic nitrogens is 3. The molecule has 2 amide bonds. The molecule has 2 fully saturated rings. The first-order valence-corrected chi connectivity index (χ1v) is 23.1. The standard InChI is InChI=1S/C50H61N11O4/c1-58-21-22-61(48-25-39(24-47(57-48)55-40-11-6-12-40)50(65)54-28-43(63)32-60-20-16-35-8-3-5-10-38(35)30-60)33-45(58)44-26-41(14-18-51-44)56-46-23-36(13-17-52-46)49(64)53-27-42(62)31-59-19-15-34-7-2-4-9-37(34)29-59/h2-5,7-10,13-14,17-18,23-26,40,42-43,45,62-63H,6,11-12,15-16,19-22,27-33H2,1H3,(H,53,64)(H,54,65)(H,55,57)(H,51,52,56). The van der Waals surface area contributed by atoms with Gasteiger partial charge in [0.15, 0.2) is 0 Å². The van der Waals surface area contributed by atoms with Crippen LogP contribution < -0.4 is 26.2 Å². The summed E-state index contributed by atoms with van der Waals surface area (Å²) in [4.78, 5) is 50.2. The van der Waals surface area contributed by atoms with Gasteiger partial charge in [-0.05, 0) is 97.8 Å². The lowest BCUT2D eigenvalue weighted by Gasteiger charge is -2.40. The molecule has 3 aromatic heterocycles. The quantitative estimate of drug-likeness (QED) is 0.0826. The maximum atomic E-state index is 13.7. The van der Waals surface area contributed by atoms with Crippen LogP contribution in [0.25, 0.3) is 0 Å². The van der Waals surface area contributed by atoms with E-state index in [1.165, 1.54) is 28.7 Å². The number of β-amino-alcohol motifs (C(OH)–C–C–N with tert-alkyl or cyclic N) is 2. The molecule has 3 unspecified atom stereocenters. The first-order valence-electron chi connectivity index (χ1n) is 23.1. The number of carbonyl (C=O) groups excluding carboxylic acids is 2. The Hall–Kier alpha value is -5.97. The number of amides is 2. The van der Waals surface area contributed by atoms with Crippen molar-refractivity contribution in [2.75, 3.05) is 81.5 Å². The lowest BCUT2D eigenvalue weighted by atomic mass is 9.93. The first kappa shape index (κ1) is 44.2. The van der Waals surface area contributed by atoms with E-state index in [0.717, 1.165) is 69.8 Å². The largest absolute Gasteiger partial charge is 0.390 e. The summed E-state index contributed by atoms with van der Waals surface area (Å²) in [7, 11) is 2.09. The van der Waals surface area contributed by atoms with E-state index in [9.17, 15) is 19.8 Å². The average Bonchev–Trinajstić information content (AvgIpc) is 3.31. The summed E-state index contributed by atoms with van der Waals surface area (Å²) >= 11 is 0. The molecule has 15 nitrogen and oxygen atoms in total. The molecule has 340 valence electrons. The van der Waals surface area contributed by atoms with E-state index in [1.807, 2.05) is 30.3 Å². The molecule has 6 heterocycles. The predicted molar refractivity (Wildman–Crippen MR) is 252 cm³/mol. The Kier molecular flexibility index (Phi) is 13.9. The number of fused-ring (bicyclic) bond motifs is 2. The molecular weight excluding hydrogens is 819 g/mol. The topological polar surface area (TPSA) is 174 Å². The van der Waals surface area contributed by atoms with E-state index >= 15 is 0 Å². The molecule has 65 heavy (non-hydrogen) atoms. The van der Waals surface area contributed by atoms with E-state index in [1.54, 1.807) is 24.5 Å². The number of carbonyl (C=O) groups is 2. The minimum atomic E-state index is -0.701. The van der Waals surface area contributed by atoms with Crippen molar-refractivity contribution in [3.8, 4) is 0 Å². The summed E-state index contributed by atoms with van der Waals surface area (Å²) < 4.78 is 0. The van der Waals surface area contributed by atoms with Gasteiger partial charge in [0.1, 0.15) is 17.5 Å². The van der Waals surface area contributed by atoms with Gasteiger partial charge in [-0.25, -0.2) is 9.97 Å². The molecular formula is C50H61N11O4. The fourth-order valence-electron chi connectivity index (χ4n) is 9.31. The van der Waals surface area contributed by atoms with Crippen molar-refractivity contribution in [3.63, 3.8) is 0 Å². The van der Waals surface area contributed by atoms with Crippen LogP contribution in [0, 0.1) is 0 Å². The van der Waals surface area contributed by atoms with E-state index in [0.29, 0.717) is 60.8 Å². The second-order valence-electron chi connectivity index (χ2n) is 18.1. The molecule has 4 aliphatic rings. The third-order valence-corrected chi connectivity index (χ3v) is 13.3. The van der Waals surface area contributed by atoms with Crippen molar-refractivity contribution in [2.24, 2.45) is 0 Å². The second-order valence-corrected chi connectivity index (χ2v) is 18.1. The number of rotatable bonds is 16. The summed E-state index contributed by atoms with van der Waals surface area (Å²) in [5.74, 6) is 1.37. The highest BCUT2D eigenvalue weighted by molar-refractivity contribution is 5.96. The zero-order valence-electron chi connectivity index (χ0n) is 37.2. The molecule has 2 aromatic carbocycles. The number of anilines is 4. The van der Waals surface area contributed by atoms with Crippen LogP contribution in [0.4, 0.5) is 23.1 Å². The minimum absolute atomic E-state index is 0.0825. The van der Waals surface area contributed by atoms with Crippen LogP contribution in [0.5, 0.6) is 0 Å². The summed E-state index contributed by atoms with van der Waals surface area (Å²) in [6, 6.07) is 28.0. The van der Waals surface area contributed by atoms with Crippen LogP contribution in [0.3, 0.4) is 0 Å². The second kappa shape index (κ2) is 20.5. The van der Waals surface area contributed by atoms with Crippen molar-refractivity contribution in [3.05, 3.63) is 136 Å². The number of aliphatic hydroxyl groups excluding tert-OH is 2. The summed E-state index contributed by atoms with van der Waals surface area (Å²) in [5, 5.41) is 34.6. The Morgan fingerprint density at radius 1 is 0.708 bits per heavy atom. The number of nitrogens with zero attached hydrogens (tertiary/aromatic N) is 7. The fraction of sp³-hybridized carbons (Fsp3) is 0.420. The molecule has 1 saturated heterocycles. The van der Waals surface area contributed by atoms with Gasteiger partial charge in [-0.15, -0.1) is 0 Å². The Labute approximate surface area is 381 Å². The molecule has 3 atom stereocenters. The molecule has 15 heteroatoms. The summed E-state index contributed by atoms with van der Waals surface area (Å²) in [6.45, 7) is 6.66. The third-order valence-electron chi connectivity index (χ3n) is 13.3. The Morgan fingerprint density at radius 3 is 1.97 bits per heavy atom. The van der Waals surface area contributed by atoms with Crippen molar-refractivity contribution in [1.82, 2.24) is 40.3 Å². The number of likely N-dealkylation sites (N-methyl/N-ethyl adjacent to an activating group) is 1. The normalized spacial score (nSPS) is 19.0. The number of piperazine rings is 1. The Balaban J connectivity index is 0.812. The van der Waals surface area contributed by atoms with Crippen LogP contribution in [-0.4, -0.2) is 136 Å². The van der Waals surface area contributed by atoms with Crippen molar-refractivity contribution in [1.29, 1.82) is 0 Å². The van der Waals surface area contributed by atoms with Gasteiger partial charge < -0.3 is 36.4 Å². The monoisotopic (exact) mass is 879 g/mol. The molecule has 0 spiro atoms. The molecule has 0 radical (unpaired) electrons. The van der Waals surface area contributed by atoms with Crippen molar-refractivity contribution >= 4 is 35.0 Å². The lowest BCUT2D eigenvalue weighted by molar-refractivity contribution is 0.0839. The van der Waals surface area contributed by atoms with Gasteiger partial charge in [0, 0.05) is 107 Å². The zero-order chi connectivity index (χ0) is 44.7. The smallest absolute Gasteiger partial charge is 0.251 e. The maximum absolute atomic E-state index is 13.7. The number of nitrogens with one attached hydrogen (secondary N) is 4. The van der Waals surface area contributed by atoms with Gasteiger partial charge in [0.2, 0.25) is 0 Å². The summed E-state index contributed by atoms with van der Waals surface area (Å²) in [5.41, 5.74) is 7.88. The van der Waals surface area contributed by atoms with Crippen LogP contribution in [0.15, 0.2) is 97.3 Å². The van der Waals surface area contributed by atoms with Gasteiger partial charge in [-0.2, -0.15) is 0 Å². The first-order chi connectivity index (χ1) is 31.7. The average molecular weight is 880 g/mol. The third kappa shape index (κ3) is 11.3. The molecule has 3 aliphatic heterocycles. The van der Waals surface area contributed by atoms with Crippen molar-refractivity contribution in [2.45, 2.75) is 69.5 Å². The Morgan fingerprint density at radius 2 is 1.32 bits per heavy atom. The highest BCUT2D eigenvalue weighted by Gasteiger charge is 2.30. The number of hydrogen-bond donors (Lipinski definition) is 6.